The molecule has 3 heterocycles. The summed E-state index contributed by atoms with van der Waals surface area (Å²) in [5.41, 5.74) is 1.80. The van der Waals surface area contributed by atoms with Gasteiger partial charge < -0.3 is 14.7 Å². The van der Waals surface area contributed by atoms with Crippen molar-refractivity contribution in [2.24, 2.45) is 0 Å². The first-order valence-electron chi connectivity index (χ1n) is 8.58. The number of aromatic nitrogens is 2. The van der Waals surface area contributed by atoms with E-state index in [2.05, 4.69) is 5.10 Å². The summed E-state index contributed by atoms with van der Waals surface area (Å²) in [7, 11) is 1.59. The van der Waals surface area contributed by atoms with Crippen LogP contribution in [0.3, 0.4) is 0 Å². The fourth-order valence-corrected chi connectivity index (χ4v) is 3.73. The molecule has 3 rings (SSSR count). The van der Waals surface area contributed by atoms with E-state index in [0.717, 1.165) is 0 Å². The van der Waals surface area contributed by atoms with Crippen molar-refractivity contribution in [1.82, 2.24) is 24.5 Å². The Morgan fingerprint density at radius 3 is 2.50 bits per heavy atom. The van der Waals surface area contributed by atoms with Crippen molar-refractivity contribution >= 4 is 23.5 Å². The van der Waals surface area contributed by atoms with Gasteiger partial charge in [0.1, 0.15) is 12.6 Å². The average Bonchev–Trinajstić information content (AvgIpc) is 2.86. The Balaban J connectivity index is 1.74. The Kier molecular flexibility index (Phi) is 4.55. The van der Waals surface area contributed by atoms with Crippen molar-refractivity contribution in [3.8, 4) is 0 Å². The number of carbonyl (C=O) groups is 4. The summed E-state index contributed by atoms with van der Waals surface area (Å²) >= 11 is 0. The summed E-state index contributed by atoms with van der Waals surface area (Å²) in [5, 5.41) is 4.30. The highest BCUT2D eigenvalue weighted by Gasteiger charge is 2.42. The van der Waals surface area contributed by atoms with Crippen molar-refractivity contribution in [3.05, 3.63) is 17.0 Å². The maximum atomic E-state index is 12.7. The first kappa shape index (κ1) is 18.1. The van der Waals surface area contributed by atoms with Crippen LogP contribution in [0, 0.1) is 13.8 Å². The number of Topliss-reactive ketones (excluding diaryl/α,β-unsaturated/α-hetero) is 1. The topological polar surface area (TPSA) is 95.8 Å². The molecule has 0 aromatic carbocycles. The minimum absolute atomic E-state index is 0.00461. The van der Waals surface area contributed by atoms with Gasteiger partial charge in [-0.15, -0.1) is 0 Å². The molecule has 2 aliphatic rings. The van der Waals surface area contributed by atoms with Crippen LogP contribution in [-0.4, -0.2) is 87.3 Å². The van der Waals surface area contributed by atoms with E-state index in [1.54, 1.807) is 30.7 Å². The first-order chi connectivity index (χ1) is 12.2. The van der Waals surface area contributed by atoms with Gasteiger partial charge in [0.05, 0.1) is 24.3 Å². The van der Waals surface area contributed by atoms with E-state index in [4.69, 9.17) is 0 Å². The van der Waals surface area contributed by atoms with Crippen molar-refractivity contribution in [2.75, 3.05) is 33.2 Å². The number of fused-ring (bicyclic) bond motifs is 1. The summed E-state index contributed by atoms with van der Waals surface area (Å²) in [6.45, 7) is 6.00. The third-order valence-corrected chi connectivity index (χ3v) is 5.11. The highest BCUT2D eigenvalue weighted by Crippen LogP contribution is 2.18. The molecule has 1 aromatic heterocycles. The lowest BCUT2D eigenvalue weighted by molar-refractivity contribution is -0.160. The molecular weight excluding hydrogens is 338 g/mol. The van der Waals surface area contributed by atoms with Gasteiger partial charge in [0, 0.05) is 25.8 Å². The number of piperazine rings is 2. The van der Waals surface area contributed by atoms with E-state index in [1.807, 2.05) is 0 Å². The Morgan fingerprint density at radius 1 is 1.19 bits per heavy atom. The summed E-state index contributed by atoms with van der Waals surface area (Å²) in [5.74, 6) is -0.499. The largest absolute Gasteiger partial charge is 0.337 e. The molecule has 2 saturated heterocycles. The third-order valence-electron chi connectivity index (χ3n) is 5.11. The van der Waals surface area contributed by atoms with Crippen molar-refractivity contribution in [3.63, 3.8) is 0 Å². The van der Waals surface area contributed by atoms with Crippen LogP contribution < -0.4 is 0 Å². The minimum Gasteiger partial charge on any atom is -0.337 e. The molecule has 0 bridgehead atoms. The highest BCUT2D eigenvalue weighted by atomic mass is 16.2. The number of rotatable bonds is 3. The van der Waals surface area contributed by atoms with Gasteiger partial charge in [0.15, 0.2) is 5.78 Å². The van der Waals surface area contributed by atoms with Crippen LogP contribution in [0.2, 0.25) is 0 Å². The molecule has 1 unspecified atom stereocenters. The lowest BCUT2D eigenvalue weighted by Crippen LogP contribution is -2.66. The molecule has 2 fully saturated rings. The van der Waals surface area contributed by atoms with Gasteiger partial charge in [0.25, 0.3) is 0 Å². The number of ketones is 1. The zero-order valence-corrected chi connectivity index (χ0v) is 15.5. The predicted octanol–water partition coefficient (Wildman–Crippen LogP) is -0.786. The van der Waals surface area contributed by atoms with Crippen molar-refractivity contribution in [2.45, 2.75) is 33.4 Å². The normalized spacial score (nSPS) is 20.5. The monoisotopic (exact) mass is 361 g/mol. The van der Waals surface area contributed by atoms with Gasteiger partial charge in [-0.3, -0.25) is 23.9 Å². The molecule has 2 aliphatic heterocycles. The van der Waals surface area contributed by atoms with Crippen LogP contribution in [0.25, 0.3) is 0 Å². The quantitative estimate of drug-likeness (QED) is 0.658. The van der Waals surface area contributed by atoms with Gasteiger partial charge in [0.2, 0.25) is 17.7 Å². The first-order valence-corrected chi connectivity index (χ1v) is 8.58. The number of nitrogens with zero attached hydrogens (tertiary/aromatic N) is 5. The van der Waals surface area contributed by atoms with Crippen LogP contribution in [-0.2, 0) is 20.9 Å². The third kappa shape index (κ3) is 2.97. The molecule has 3 amide bonds. The number of aryl methyl sites for hydroxylation is 1. The van der Waals surface area contributed by atoms with E-state index in [9.17, 15) is 19.2 Å². The molecule has 0 N–H and O–H groups in total. The number of amides is 3. The standard InChI is InChI=1S/C17H23N5O4/c1-10-16(12(3)23)11(2)22(18-10)9-14(24)20-5-6-21-13(7-20)17(26)19(4)8-15(21)25/h13H,5-9H2,1-4H3. The molecule has 1 atom stereocenters. The fourth-order valence-electron chi connectivity index (χ4n) is 3.73. The minimum atomic E-state index is -0.618. The van der Waals surface area contributed by atoms with Gasteiger partial charge in [-0.2, -0.15) is 5.10 Å². The predicted molar refractivity (Wildman–Crippen MR) is 91.4 cm³/mol. The lowest BCUT2D eigenvalue weighted by atomic mass is 10.1. The molecular formula is C17H23N5O4. The zero-order valence-electron chi connectivity index (χ0n) is 15.5. The molecule has 0 spiro atoms. The Hall–Kier alpha value is -2.71. The Bertz CT molecular complexity index is 799. The van der Waals surface area contributed by atoms with E-state index in [1.165, 1.54) is 16.5 Å². The molecule has 26 heavy (non-hydrogen) atoms. The van der Waals surface area contributed by atoms with Crippen LogP contribution in [0.1, 0.15) is 28.7 Å². The van der Waals surface area contributed by atoms with Crippen LogP contribution in [0.4, 0.5) is 0 Å². The summed E-state index contributed by atoms with van der Waals surface area (Å²) < 4.78 is 1.53. The second-order valence-electron chi connectivity index (χ2n) is 6.90. The van der Waals surface area contributed by atoms with Gasteiger partial charge in [-0.25, -0.2) is 0 Å². The number of carbonyl (C=O) groups excluding carboxylic acids is 4. The summed E-state index contributed by atoms with van der Waals surface area (Å²) in [4.78, 5) is 53.4. The van der Waals surface area contributed by atoms with E-state index >= 15 is 0 Å². The fraction of sp³-hybridized carbons (Fsp3) is 0.588. The van der Waals surface area contributed by atoms with Crippen LogP contribution >= 0.6 is 0 Å². The molecule has 9 heteroatoms. The van der Waals surface area contributed by atoms with Crippen molar-refractivity contribution < 1.29 is 19.2 Å². The second-order valence-corrected chi connectivity index (χ2v) is 6.90. The van der Waals surface area contributed by atoms with E-state index in [-0.39, 0.29) is 43.1 Å². The molecule has 0 aliphatic carbocycles. The van der Waals surface area contributed by atoms with Crippen LogP contribution in [0.15, 0.2) is 0 Å². The summed E-state index contributed by atoms with van der Waals surface area (Å²) in [6.07, 6.45) is 0. The van der Waals surface area contributed by atoms with Gasteiger partial charge in [-0.1, -0.05) is 0 Å². The molecule has 0 radical (unpaired) electrons. The number of hydrogen-bond acceptors (Lipinski definition) is 5. The maximum Gasteiger partial charge on any atom is 0.247 e. The molecule has 0 saturated carbocycles. The lowest BCUT2D eigenvalue weighted by Gasteiger charge is -2.45. The number of hydrogen-bond donors (Lipinski definition) is 0. The van der Waals surface area contributed by atoms with Gasteiger partial charge in [-0.05, 0) is 20.8 Å². The SMILES string of the molecule is CC(=O)c1c(C)nn(CC(=O)N2CCN3C(=O)CN(C)C(=O)C3C2)c1C. The number of likely N-dealkylation sites (N-methyl/N-ethyl adjacent to an activating group) is 1. The van der Waals surface area contributed by atoms with Crippen molar-refractivity contribution in [1.29, 1.82) is 0 Å². The second kappa shape index (κ2) is 6.54. The van der Waals surface area contributed by atoms with Gasteiger partial charge >= 0.3 is 0 Å². The van der Waals surface area contributed by atoms with Crippen LogP contribution in [0.5, 0.6) is 0 Å². The zero-order chi connectivity index (χ0) is 19.2. The molecule has 9 nitrogen and oxygen atoms in total. The average molecular weight is 361 g/mol. The van der Waals surface area contributed by atoms with E-state index < -0.39 is 6.04 Å². The van der Waals surface area contributed by atoms with E-state index in [0.29, 0.717) is 30.0 Å². The Morgan fingerprint density at radius 2 is 1.88 bits per heavy atom. The highest BCUT2D eigenvalue weighted by molar-refractivity contribution is 5.96. The summed E-state index contributed by atoms with van der Waals surface area (Å²) in [6, 6.07) is -0.618. The maximum absolute atomic E-state index is 12.7. The smallest absolute Gasteiger partial charge is 0.247 e. The molecule has 1 aromatic rings. The molecule has 140 valence electrons. The Labute approximate surface area is 151 Å².